The molecular weight excluding hydrogens is 344 g/mol. The maximum Gasteiger partial charge on any atom is 0.416 e. The van der Waals surface area contributed by atoms with Gasteiger partial charge in [0.05, 0.1) is 11.3 Å². The predicted octanol–water partition coefficient (Wildman–Crippen LogP) is 5.03. The van der Waals surface area contributed by atoms with Gasteiger partial charge in [0.25, 0.3) is 0 Å². The molecule has 0 aromatic heterocycles. The summed E-state index contributed by atoms with van der Waals surface area (Å²) in [6.07, 6.45) is -3.10. The number of anilines is 2. The highest BCUT2D eigenvalue weighted by atomic mass is 35.5. The van der Waals surface area contributed by atoms with E-state index >= 15 is 0 Å². The minimum Gasteiger partial charge on any atom is -0.396 e. The van der Waals surface area contributed by atoms with Crippen LogP contribution in [0, 0.1) is 5.82 Å². The molecule has 0 saturated carbocycles. The largest absolute Gasteiger partial charge is 0.416 e. The Labute approximate surface area is 141 Å². The molecule has 2 aromatic carbocycles. The van der Waals surface area contributed by atoms with E-state index in [9.17, 15) is 17.6 Å². The van der Waals surface area contributed by atoms with Crippen LogP contribution in [0.2, 0.25) is 5.02 Å². The Morgan fingerprint density at radius 3 is 2.58 bits per heavy atom. The van der Waals surface area contributed by atoms with E-state index < -0.39 is 17.6 Å². The lowest BCUT2D eigenvalue weighted by molar-refractivity contribution is -0.137. The Morgan fingerprint density at radius 2 is 1.92 bits per heavy atom. The summed E-state index contributed by atoms with van der Waals surface area (Å²) in [6, 6.07) is 6.54. The Morgan fingerprint density at radius 1 is 1.17 bits per heavy atom. The van der Waals surface area contributed by atoms with Crippen molar-refractivity contribution in [3.05, 3.63) is 57.9 Å². The van der Waals surface area contributed by atoms with Crippen LogP contribution in [0.1, 0.15) is 23.1 Å². The summed E-state index contributed by atoms with van der Waals surface area (Å²) >= 11 is 6.02. The number of halogens is 5. The number of hydrogen-bond donors (Lipinski definition) is 1. The number of rotatable bonds is 2. The molecule has 0 atom stereocenters. The Bertz CT molecular complexity index is 774. The van der Waals surface area contributed by atoms with Crippen molar-refractivity contribution in [2.24, 2.45) is 0 Å². The summed E-state index contributed by atoms with van der Waals surface area (Å²) in [5, 5.41) is 0.0489. The number of nitrogen functional groups attached to an aromatic ring is 1. The van der Waals surface area contributed by atoms with Crippen LogP contribution in [-0.2, 0) is 19.1 Å². The molecule has 7 heteroatoms. The molecule has 1 aliphatic heterocycles. The lowest BCUT2D eigenvalue weighted by atomic mass is 9.99. The molecule has 0 amide bonds. The van der Waals surface area contributed by atoms with Gasteiger partial charge in [-0.1, -0.05) is 17.7 Å². The fourth-order valence-electron chi connectivity index (χ4n) is 2.95. The molecule has 0 aliphatic carbocycles. The van der Waals surface area contributed by atoms with Crippen molar-refractivity contribution in [1.82, 2.24) is 0 Å². The van der Waals surface area contributed by atoms with E-state index in [2.05, 4.69) is 0 Å². The third-order valence-electron chi connectivity index (χ3n) is 4.19. The molecule has 24 heavy (non-hydrogen) atoms. The summed E-state index contributed by atoms with van der Waals surface area (Å²) in [5.41, 5.74) is 6.74. The summed E-state index contributed by atoms with van der Waals surface area (Å²) in [4.78, 5) is 1.91. The molecule has 0 fully saturated rings. The number of benzene rings is 2. The molecule has 2 N–H and O–H groups in total. The number of hydrogen-bond acceptors (Lipinski definition) is 2. The Kier molecular flexibility index (Phi) is 4.34. The minimum atomic E-state index is -4.43. The van der Waals surface area contributed by atoms with Crippen LogP contribution in [0.15, 0.2) is 30.3 Å². The van der Waals surface area contributed by atoms with Crippen LogP contribution in [0.25, 0.3) is 0 Å². The molecule has 0 bridgehead atoms. The molecular formula is C17H15ClF4N2. The van der Waals surface area contributed by atoms with Crippen LogP contribution in [-0.4, -0.2) is 6.54 Å². The fourth-order valence-corrected chi connectivity index (χ4v) is 3.19. The molecule has 0 spiro atoms. The lowest BCUT2D eigenvalue weighted by Crippen LogP contribution is -2.29. The SMILES string of the molecule is Nc1ccc2c(c1F)CCCN2Cc1ccc(C(F)(F)F)cc1Cl. The number of fused-ring (bicyclic) bond motifs is 1. The highest BCUT2D eigenvalue weighted by Gasteiger charge is 2.31. The zero-order chi connectivity index (χ0) is 17.5. The maximum atomic E-state index is 14.2. The molecule has 2 nitrogen and oxygen atoms in total. The Hall–Kier alpha value is -1.95. The summed E-state index contributed by atoms with van der Waals surface area (Å²) in [7, 11) is 0. The topological polar surface area (TPSA) is 29.3 Å². The minimum absolute atomic E-state index is 0.0489. The van der Waals surface area contributed by atoms with E-state index in [1.807, 2.05) is 4.90 Å². The Balaban J connectivity index is 1.90. The van der Waals surface area contributed by atoms with Crippen molar-refractivity contribution in [2.75, 3.05) is 17.2 Å². The van der Waals surface area contributed by atoms with E-state index in [1.54, 1.807) is 6.07 Å². The highest BCUT2D eigenvalue weighted by molar-refractivity contribution is 6.31. The van der Waals surface area contributed by atoms with E-state index in [0.717, 1.165) is 18.6 Å². The molecule has 128 valence electrons. The standard InChI is InChI=1S/C17H15ClF4N2/c18-13-8-11(17(20,21)22)4-3-10(13)9-24-7-1-2-12-15(24)6-5-14(23)16(12)19/h3-6,8H,1-2,7,9,23H2. The van der Waals surface area contributed by atoms with E-state index in [0.29, 0.717) is 36.3 Å². The number of alkyl halides is 3. The normalized spacial score (nSPS) is 14.6. The summed E-state index contributed by atoms with van der Waals surface area (Å²) in [5.74, 6) is -0.421. The smallest absolute Gasteiger partial charge is 0.396 e. The van der Waals surface area contributed by atoms with Crippen LogP contribution >= 0.6 is 11.6 Å². The van der Waals surface area contributed by atoms with Gasteiger partial charge in [-0.15, -0.1) is 0 Å². The summed E-state index contributed by atoms with van der Waals surface area (Å²) < 4.78 is 52.3. The third kappa shape index (κ3) is 3.15. The van der Waals surface area contributed by atoms with Crippen molar-refractivity contribution in [3.8, 4) is 0 Å². The van der Waals surface area contributed by atoms with E-state index in [-0.39, 0.29) is 10.7 Å². The van der Waals surface area contributed by atoms with Crippen molar-refractivity contribution in [1.29, 1.82) is 0 Å². The van der Waals surface area contributed by atoms with Gasteiger partial charge in [0.1, 0.15) is 0 Å². The third-order valence-corrected chi connectivity index (χ3v) is 4.54. The second-order valence-electron chi connectivity index (χ2n) is 5.80. The van der Waals surface area contributed by atoms with Crippen molar-refractivity contribution in [2.45, 2.75) is 25.6 Å². The van der Waals surface area contributed by atoms with Gasteiger partial charge in [-0.3, -0.25) is 0 Å². The first-order chi connectivity index (χ1) is 11.3. The predicted molar refractivity (Wildman–Crippen MR) is 86.6 cm³/mol. The van der Waals surface area contributed by atoms with Crippen LogP contribution in [0.5, 0.6) is 0 Å². The average Bonchev–Trinajstić information content (AvgIpc) is 2.52. The quantitative estimate of drug-likeness (QED) is 0.602. The maximum absolute atomic E-state index is 14.2. The zero-order valence-electron chi connectivity index (χ0n) is 12.6. The lowest BCUT2D eigenvalue weighted by Gasteiger charge is -2.32. The van der Waals surface area contributed by atoms with E-state index in [1.165, 1.54) is 12.1 Å². The van der Waals surface area contributed by atoms with Crippen LogP contribution in [0.4, 0.5) is 28.9 Å². The fraction of sp³-hybridized carbons (Fsp3) is 0.294. The van der Waals surface area contributed by atoms with Crippen LogP contribution in [0.3, 0.4) is 0 Å². The van der Waals surface area contributed by atoms with E-state index in [4.69, 9.17) is 17.3 Å². The van der Waals surface area contributed by atoms with Gasteiger partial charge in [0, 0.05) is 29.4 Å². The van der Waals surface area contributed by atoms with Gasteiger partial charge in [-0.05, 0) is 42.7 Å². The summed E-state index contributed by atoms with van der Waals surface area (Å²) in [6.45, 7) is 0.987. The van der Waals surface area contributed by atoms with Gasteiger partial charge in [0.2, 0.25) is 0 Å². The zero-order valence-corrected chi connectivity index (χ0v) is 13.4. The first kappa shape index (κ1) is 16.9. The van der Waals surface area contributed by atoms with Crippen molar-refractivity contribution in [3.63, 3.8) is 0 Å². The highest BCUT2D eigenvalue weighted by Crippen LogP contribution is 2.35. The van der Waals surface area contributed by atoms with Crippen LogP contribution < -0.4 is 10.6 Å². The van der Waals surface area contributed by atoms with Crippen molar-refractivity contribution >= 4 is 23.0 Å². The number of nitrogens with zero attached hydrogens (tertiary/aromatic N) is 1. The van der Waals surface area contributed by atoms with Gasteiger partial charge in [0.15, 0.2) is 5.82 Å². The van der Waals surface area contributed by atoms with Gasteiger partial charge in [-0.25, -0.2) is 4.39 Å². The molecule has 2 aromatic rings. The molecule has 1 aliphatic rings. The second-order valence-corrected chi connectivity index (χ2v) is 6.20. The first-order valence-electron chi connectivity index (χ1n) is 7.45. The molecule has 0 unspecified atom stereocenters. The average molecular weight is 359 g/mol. The number of nitrogens with two attached hydrogens (primary N) is 1. The molecule has 0 saturated heterocycles. The van der Waals surface area contributed by atoms with Crippen molar-refractivity contribution < 1.29 is 17.6 Å². The monoisotopic (exact) mass is 358 g/mol. The van der Waals surface area contributed by atoms with Gasteiger partial charge >= 0.3 is 6.18 Å². The molecule has 1 heterocycles. The van der Waals surface area contributed by atoms with Gasteiger partial charge < -0.3 is 10.6 Å². The molecule has 3 rings (SSSR count). The second kappa shape index (κ2) is 6.16. The molecule has 0 radical (unpaired) electrons. The van der Waals surface area contributed by atoms with Gasteiger partial charge in [-0.2, -0.15) is 13.2 Å². The first-order valence-corrected chi connectivity index (χ1v) is 7.82.